The second kappa shape index (κ2) is 8.74. The van der Waals surface area contributed by atoms with Crippen LogP contribution < -0.4 is 11.0 Å². The summed E-state index contributed by atoms with van der Waals surface area (Å²) in [7, 11) is 3.37. The lowest BCUT2D eigenvalue weighted by molar-refractivity contribution is -0.127. The Labute approximate surface area is 194 Å². The molecule has 33 heavy (non-hydrogen) atoms. The fourth-order valence-electron chi connectivity index (χ4n) is 3.70. The molecular weight excluding hydrogens is 440 g/mol. The lowest BCUT2D eigenvalue weighted by atomic mass is 10.0. The third kappa shape index (κ3) is 4.36. The van der Waals surface area contributed by atoms with Crippen molar-refractivity contribution in [3.63, 3.8) is 0 Å². The number of aromatic nitrogens is 2. The van der Waals surface area contributed by atoms with Crippen molar-refractivity contribution in [2.45, 2.75) is 19.8 Å². The smallest absolute Gasteiger partial charge is 0.325 e. The van der Waals surface area contributed by atoms with Crippen molar-refractivity contribution in [2.24, 2.45) is 14.1 Å². The van der Waals surface area contributed by atoms with Gasteiger partial charge in [0.05, 0.1) is 15.9 Å². The maximum Gasteiger partial charge on any atom is 0.328 e. The Kier molecular flexibility index (Phi) is 5.99. The normalized spacial score (nSPS) is 15.3. The molecule has 0 aliphatic carbocycles. The van der Waals surface area contributed by atoms with E-state index in [9.17, 15) is 19.2 Å². The van der Waals surface area contributed by atoms with Gasteiger partial charge in [-0.15, -0.1) is 0 Å². The minimum atomic E-state index is -0.516. The number of hydrogen-bond donors (Lipinski definition) is 1. The predicted molar refractivity (Wildman–Crippen MR) is 130 cm³/mol. The molecule has 170 valence electrons. The lowest BCUT2D eigenvalue weighted by Crippen LogP contribution is -2.36. The zero-order valence-corrected chi connectivity index (χ0v) is 19.6. The van der Waals surface area contributed by atoms with Crippen LogP contribution in [0.4, 0.5) is 10.5 Å². The minimum absolute atomic E-state index is 0.146. The van der Waals surface area contributed by atoms with Crippen LogP contribution in [0, 0.1) is 0 Å². The molecule has 8 nitrogen and oxygen atoms in total. The fourth-order valence-corrected chi connectivity index (χ4v) is 4.54. The van der Waals surface area contributed by atoms with Crippen LogP contribution in [0.1, 0.15) is 30.9 Å². The van der Waals surface area contributed by atoms with E-state index in [0.717, 1.165) is 33.3 Å². The molecule has 2 heterocycles. The van der Waals surface area contributed by atoms with Gasteiger partial charge in [0.15, 0.2) is 0 Å². The van der Waals surface area contributed by atoms with Gasteiger partial charge in [-0.05, 0) is 59.1 Å². The zero-order valence-electron chi connectivity index (χ0n) is 18.8. The Morgan fingerprint density at radius 2 is 1.67 bits per heavy atom. The Hall–Kier alpha value is -3.59. The Bertz CT molecular complexity index is 1370. The number of carbonyl (C=O) groups is 3. The van der Waals surface area contributed by atoms with E-state index >= 15 is 0 Å². The second-order valence-electron chi connectivity index (χ2n) is 8.24. The fraction of sp³-hybridized carbons (Fsp3) is 0.250. The monoisotopic (exact) mass is 464 g/mol. The van der Waals surface area contributed by atoms with Gasteiger partial charge in [0.1, 0.15) is 6.54 Å². The highest BCUT2D eigenvalue weighted by atomic mass is 32.2. The van der Waals surface area contributed by atoms with Crippen molar-refractivity contribution in [2.75, 3.05) is 11.9 Å². The summed E-state index contributed by atoms with van der Waals surface area (Å²) in [6, 6.07) is 12.8. The van der Waals surface area contributed by atoms with Gasteiger partial charge in [-0.25, -0.2) is 4.79 Å². The summed E-state index contributed by atoms with van der Waals surface area (Å²) in [4.78, 5) is 50.9. The van der Waals surface area contributed by atoms with Gasteiger partial charge in [-0.1, -0.05) is 32.0 Å². The maximum atomic E-state index is 12.8. The van der Waals surface area contributed by atoms with E-state index in [0.29, 0.717) is 17.2 Å². The third-order valence-electron chi connectivity index (χ3n) is 5.63. The van der Waals surface area contributed by atoms with E-state index in [-0.39, 0.29) is 17.1 Å². The predicted octanol–water partition coefficient (Wildman–Crippen LogP) is 3.68. The molecule has 0 spiro atoms. The average molecular weight is 465 g/mol. The summed E-state index contributed by atoms with van der Waals surface area (Å²) in [6.45, 7) is 3.81. The number of imidazole rings is 1. The highest BCUT2D eigenvalue weighted by Crippen LogP contribution is 2.32. The molecule has 0 radical (unpaired) electrons. The van der Waals surface area contributed by atoms with Crippen LogP contribution >= 0.6 is 11.8 Å². The van der Waals surface area contributed by atoms with Gasteiger partial charge in [0.25, 0.3) is 11.1 Å². The van der Waals surface area contributed by atoms with Gasteiger partial charge in [-0.3, -0.25) is 28.4 Å². The SMILES string of the molecule is CC(C)c1ccc(NC(=O)CN2C(=O)S/C(=C/c3ccc4c(c3)n(C)c(=O)n4C)C2=O)cc1. The van der Waals surface area contributed by atoms with E-state index in [2.05, 4.69) is 19.2 Å². The second-order valence-corrected chi connectivity index (χ2v) is 9.23. The van der Waals surface area contributed by atoms with Crippen molar-refractivity contribution >= 4 is 51.6 Å². The van der Waals surface area contributed by atoms with E-state index in [1.165, 1.54) is 4.57 Å². The summed E-state index contributed by atoms with van der Waals surface area (Å²) in [5.74, 6) is -0.585. The first kappa shape index (κ1) is 22.6. The number of aryl methyl sites for hydroxylation is 2. The summed E-state index contributed by atoms with van der Waals surface area (Å²) < 4.78 is 3.07. The lowest BCUT2D eigenvalue weighted by Gasteiger charge is -2.13. The molecular formula is C24H24N4O4S. The van der Waals surface area contributed by atoms with Gasteiger partial charge >= 0.3 is 5.69 Å². The molecule has 1 aromatic heterocycles. The maximum absolute atomic E-state index is 12.8. The number of imide groups is 1. The first-order valence-electron chi connectivity index (χ1n) is 10.5. The first-order valence-corrected chi connectivity index (χ1v) is 11.3. The summed E-state index contributed by atoms with van der Waals surface area (Å²) in [6.07, 6.45) is 1.60. The number of rotatable bonds is 5. The third-order valence-corrected chi connectivity index (χ3v) is 6.54. The largest absolute Gasteiger partial charge is 0.328 e. The van der Waals surface area contributed by atoms with E-state index in [4.69, 9.17) is 0 Å². The van der Waals surface area contributed by atoms with Crippen molar-refractivity contribution < 1.29 is 14.4 Å². The molecule has 0 bridgehead atoms. The number of hydrogen-bond acceptors (Lipinski definition) is 5. The molecule has 1 N–H and O–H groups in total. The molecule has 0 atom stereocenters. The number of anilines is 1. The molecule has 0 saturated carbocycles. The van der Waals surface area contributed by atoms with Crippen LogP contribution in [0.15, 0.2) is 52.2 Å². The van der Waals surface area contributed by atoms with Gasteiger partial charge in [-0.2, -0.15) is 0 Å². The highest BCUT2D eigenvalue weighted by molar-refractivity contribution is 8.18. The van der Waals surface area contributed by atoms with Crippen molar-refractivity contribution in [3.8, 4) is 0 Å². The molecule has 1 aliphatic heterocycles. The van der Waals surface area contributed by atoms with Crippen LogP contribution in [0.3, 0.4) is 0 Å². The van der Waals surface area contributed by atoms with Crippen LogP contribution in [0.5, 0.6) is 0 Å². The number of amides is 3. The number of nitrogens with one attached hydrogen (secondary N) is 1. The van der Waals surface area contributed by atoms with Crippen LogP contribution in [0.25, 0.3) is 17.1 Å². The molecule has 1 saturated heterocycles. The standard InChI is InChI=1S/C24H24N4O4S/c1-14(2)16-6-8-17(9-7-16)25-21(29)13-28-22(30)20(33-24(28)32)12-15-5-10-18-19(11-15)27(4)23(31)26(18)3/h5-12,14H,13H2,1-4H3,(H,25,29)/b20-12+. The van der Waals surface area contributed by atoms with Gasteiger partial charge in [0.2, 0.25) is 5.91 Å². The molecule has 4 rings (SSSR count). The Morgan fingerprint density at radius 1 is 1.00 bits per heavy atom. The van der Waals surface area contributed by atoms with E-state index in [1.54, 1.807) is 55.1 Å². The van der Waals surface area contributed by atoms with E-state index < -0.39 is 17.1 Å². The van der Waals surface area contributed by atoms with Crippen molar-refractivity contribution in [3.05, 3.63) is 69.0 Å². The van der Waals surface area contributed by atoms with Gasteiger partial charge < -0.3 is 5.32 Å². The quantitative estimate of drug-likeness (QED) is 0.582. The van der Waals surface area contributed by atoms with E-state index in [1.807, 2.05) is 12.1 Å². The average Bonchev–Trinajstić information content (AvgIpc) is 3.16. The minimum Gasteiger partial charge on any atom is -0.325 e. The summed E-state index contributed by atoms with van der Waals surface area (Å²) in [5, 5.41) is 2.23. The number of nitrogens with zero attached hydrogens (tertiary/aromatic N) is 3. The van der Waals surface area contributed by atoms with Gasteiger partial charge in [0, 0.05) is 19.8 Å². The van der Waals surface area contributed by atoms with Crippen LogP contribution in [-0.2, 0) is 23.7 Å². The van der Waals surface area contributed by atoms with Crippen LogP contribution in [-0.4, -0.2) is 37.6 Å². The Morgan fingerprint density at radius 3 is 2.33 bits per heavy atom. The molecule has 1 aliphatic rings. The summed E-state index contributed by atoms with van der Waals surface area (Å²) >= 11 is 0.793. The molecule has 3 aromatic rings. The first-order chi connectivity index (χ1) is 15.7. The highest BCUT2D eigenvalue weighted by Gasteiger charge is 2.36. The molecule has 1 fully saturated rings. The topological polar surface area (TPSA) is 93.4 Å². The van der Waals surface area contributed by atoms with Crippen LogP contribution in [0.2, 0.25) is 0 Å². The summed E-state index contributed by atoms with van der Waals surface area (Å²) in [5.41, 5.74) is 3.78. The Balaban J connectivity index is 1.48. The number of thioether (sulfide) groups is 1. The molecule has 0 unspecified atom stereocenters. The van der Waals surface area contributed by atoms with Crippen molar-refractivity contribution in [1.29, 1.82) is 0 Å². The zero-order chi connectivity index (χ0) is 23.9. The van der Waals surface area contributed by atoms with Crippen molar-refractivity contribution in [1.82, 2.24) is 14.0 Å². The molecule has 2 aromatic carbocycles. The number of benzene rings is 2. The molecule has 3 amide bonds. The number of fused-ring (bicyclic) bond motifs is 1. The number of carbonyl (C=O) groups excluding carboxylic acids is 3. The molecule has 9 heteroatoms.